The van der Waals surface area contributed by atoms with Gasteiger partial charge in [0.1, 0.15) is 0 Å². The molecule has 254 valence electrons. The first-order valence-corrected chi connectivity index (χ1v) is 19.3. The van der Waals surface area contributed by atoms with E-state index in [-0.39, 0.29) is 4.90 Å². The van der Waals surface area contributed by atoms with Crippen molar-refractivity contribution in [3.8, 4) is 0 Å². The SMILES string of the molecule is CC.CCCc1ccc(S(=O)(=O)Nc2cc(Cl)ccc2N2CCOCC2)cc1.CCCc1ccc(SNc2ccccc2CC)cc1. The van der Waals surface area contributed by atoms with Gasteiger partial charge in [-0.2, -0.15) is 0 Å². The van der Waals surface area contributed by atoms with Crippen molar-refractivity contribution in [3.05, 3.63) is 113 Å². The molecule has 0 bridgehead atoms. The maximum atomic E-state index is 12.8. The van der Waals surface area contributed by atoms with Gasteiger partial charge in [-0.3, -0.25) is 4.72 Å². The van der Waals surface area contributed by atoms with Gasteiger partial charge in [0.25, 0.3) is 10.0 Å². The van der Waals surface area contributed by atoms with E-state index in [0.29, 0.717) is 37.0 Å². The molecule has 4 aromatic carbocycles. The Morgan fingerprint density at radius 1 is 0.787 bits per heavy atom. The predicted molar refractivity (Wildman–Crippen MR) is 203 cm³/mol. The fourth-order valence-electron chi connectivity index (χ4n) is 5.05. The van der Waals surface area contributed by atoms with E-state index in [1.165, 1.54) is 28.1 Å². The molecule has 0 radical (unpaired) electrons. The molecule has 1 saturated heterocycles. The zero-order chi connectivity index (χ0) is 34.1. The van der Waals surface area contributed by atoms with Gasteiger partial charge in [-0.15, -0.1) is 0 Å². The lowest BCUT2D eigenvalue weighted by Crippen LogP contribution is -2.36. The highest BCUT2D eigenvalue weighted by Gasteiger charge is 2.20. The van der Waals surface area contributed by atoms with Crippen LogP contribution in [0.1, 0.15) is 64.2 Å². The summed E-state index contributed by atoms with van der Waals surface area (Å²) in [5.74, 6) is 0. The maximum Gasteiger partial charge on any atom is 0.261 e. The number of benzene rings is 4. The molecule has 1 aliphatic heterocycles. The fraction of sp³-hybridized carbons (Fsp3) is 0.368. The van der Waals surface area contributed by atoms with E-state index in [0.717, 1.165) is 36.9 Å². The van der Waals surface area contributed by atoms with Crippen LogP contribution in [0.5, 0.6) is 0 Å². The molecule has 0 amide bonds. The third-order valence-electron chi connectivity index (χ3n) is 7.47. The lowest BCUT2D eigenvalue weighted by atomic mass is 10.1. The predicted octanol–water partition coefficient (Wildman–Crippen LogP) is 10.3. The lowest BCUT2D eigenvalue weighted by molar-refractivity contribution is 0.123. The van der Waals surface area contributed by atoms with Crippen LogP contribution >= 0.6 is 23.5 Å². The Balaban J connectivity index is 0.000000254. The minimum atomic E-state index is -3.69. The number of para-hydroxylation sites is 1. The van der Waals surface area contributed by atoms with E-state index in [2.05, 4.69) is 83.6 Å². The van der Waals surface area contributed by atoms with Gasteiger partial charge in [-0.1, -0.05) is 102 Å². The van der Waals surface area contributed by atoms with Gasteiger partial charge in [0, 0.05) is 28.7 Å². The molecule has 9 heteroatoms. The molecule has 0 aromatic heterocycles. The number of rotatable bonds is 12. The first kappa shape index (κ1) is 38.3. The molecule has 0 spiro atoms. The van der Waals surface area contributed by atoms with E-state index >= 15 is 0 Å². The standard InChI is InChI=1S/C19H23ClN2O3S.C17H21NS.C2H6/c1-2-3-15-4-7-17(8-5-15)26(23,24)21-18-14-16(20)6-9-19(18)22-10-12-25-13-11-22;1-3-7-14-10-12-16(13-11-14)19-18-17-9-6-5-8-15(17)4-2;1-2/h4-9,14,21H,2-3,10-13H2,1H3;5-6,8-13,18H,3-4,7H2,1-2H3;1-2H3. The Bertz CT molecular complexity index is 1590. The molecule has 6 nitrogen and oxygen atoms in total. The van der Waals surface area contributed by atoms with E-state index in [4.69, 9.17) is 16.3 Å². The summed E-state index contributed by atoms with van der Waals surface area (Å²) in [4.78, 5) is 3.60. The van der Waals surface area contributed by atoms with Crippen molar-refractivity contribution in [2.24, 2.45) is 0 Å². The number of anilines is 3. The van der Waals surface area contributed by atoms with Gasteiger partial charge < -0.3 is 14.4 Å². The number of ether oxygens (including phenoxy) is 1. The molecule has 1 aliphatic rings. The summed E-state index contributed by atoms with van der Waals surface area (Å²) in [5.41, 5.74) is 6.41. The van der Waals surface area contributed by atoms with Gasteiger partial charge in [0.2, 0.25) is 0 Å². The molecule has 5 rings (SSSR count). The van der Waals surface area contributed by atoms with Crippen molar-refractivity contribution in [1.82, 2.24) is 0 Å². The molecule has 4 aromatic rings. The monoisotopic (exact) mass is 695 g/mol. The molecule has 47 heavy (non-hydrogen) atoms. The maximum absolute atomic E-state index is 12.8. The fourth-order valence-corrected chi connectivity index (χ4v) is 6.99. The number of morpholine rings is 1. The minimum Gasteiger partial charge on any atom is -0.378 e. The molecular weight excluding hydrogens is 646 g/mol. The average Bonchev–Trinajstić information content (AvgIpc) is 3.10. The largest absolute Gasteiger partial charge is 0.378 e. The van der Waals surface area contributed by atoms with Gasteiger partial charge in [-0.05, 0) is 96.4 Å². The number of hydrogen-bond donors (Lipinski definition) is 2. The van der Waals surface area contributed by atoms with Gasteiger partial charge in [0.05, 0.1) is 29.5 Å². The highest BCUT2D eigenvalue weighted by Crippen LogP contribution is 2.32. The second kappa shape index (κ2) is 20.3. The molecule has 0 unspecified atom stereocenters. The summed E-state index contributed by atoms with van der Waals surface area (Å²) in [5, 5.41) is 0.484. The van der Waals surface area contributed by atoms with E-state index in [1.54, 1.807) is 36.2 Å². The number of sulfonamides is 1. The molecule has 2 N–H and O–H groups in total. The van der Waals surface area contributed by atoms with Crippen LogP contribution in [-0.4, -0.2) is 34.7 Å². The highest BCUT2D eigenvalue weighted by atomic mass is 35.5. The van der Waals surface area contributed by atoms with Crippen molar-refractivity contribution in [3.63, 3.8) is 0 Å². The summed E-state index contributed by atoms with van der Waals surface area (Å²) >= 11 is 7.79. The Morgan fingerprint density at radius 3 is 1.98 bits per heavy atom. The van der Waals surface area contributed by atoms with Crippen LogP contribution in [-0.2, 0) is 34.0 Å². The first-order chi connectivity index (χ1) is 22.8. The second-order valence-electron chi connectivity index (χ2n) is 10.9. The summed E-state index contributed by atoms with van der Waals surface area (Å²) in [7, 11) is -3.69. The van der Waals surface area contributed by atoms with Crippen molar-refractivity contribution in [1.29, 1.82) is 0 Å². The normalized spacial score (nSPS) is 12.7. The van der Waals surface area contributed by atoms with E-state index in [9.17, 15) is 8.42 Å². The van der Waals surface area contributed by atoms with Crippen LogP contribution < -0.4 is 14.3 Å². The molecule has 0 aliphatic carbocycles. The summed E-state index contributed by atoms with van der Waals surface area (Å²) < 4.78 is 37.2. The van der Waals surface area contributed by atoms with Crippen molar-refractivity contribution in [2.45, 2.75) is 76.5 Å². The van der Waals surface area contributed by atoms with Gasteiger partial charge >= 0.3 is 0 Å². The highest BCUT2D eigenvalue weighted by molar-refractivity contribution is 8.00. The second-order valence-corrected chi connectivity index (χ2v) is 13.9. The molecule has 1 heterocycles. The average molecular weight is 696 g/mol. The number of nitrogens with zero attached hydrogens (tertiary/aromatic N) is 1. The number of aryl methyl sites for hydroxylation is 3. The van der Waals surface area contributed by atoms with Gasteiger partial charge in [-0.25, -0.2) is 8.42 Å². The van der Waals surface area contributed by atoms with Gasteiger partial charge in [0.15, 0.2) is 0 Å². The van der Waals surface area contributed by atoms with Crippen LogP contribution in [0.4, 0.5) is 17.1 Å². The van der Waals surface area contributed by atoms with Crippen LogP contribution in [0, 0.1) is 0 Å². The number of halogens is 1. The Hall–Kier alpha value is -3.17. The van der Waals surface area contributed by atoms with Crippen LogP contribution in [0.15, 0.2) is 101 Å². The van der Waals surface area contributed by atoms with Crippen LogP contribution in [0.2, 0.25) is 5.02 Å². The number of nitrogens with one attached hydrogen (secondary N) is 2. The van der Waals surface area contributed by atoms with Crippen molar-refractivity contribution >= 4 is 50.6 Å². The molecule has 1 fully saturated rings. The third-order valence-corrected chi connectivity index (χ3v) is 9.91. The Morgan fingerprint density at radius 2 is 1.38 bits per heavy atom. The Labute approximate surface area is 292 Å². The van der Waals surface area contributed by atoms with Crippen molar-refractivity contribution < 1.29 is 13.2 Å². The van der Waals surface area contributed by atoms with Crippen molar-refractivity contribution in [2.75, 3.05) is 40.6 Å². The molecular formula is C38H50ClN3O3S2. The summed E-state index contributed by atoms with van der Waals surface area (Å²) in [6, 6.07) is 29.6. The molecule has 0 saturated carbocycles. The van der Waals surface area contributed by atoms with E-state index in [1.807, 2.05) is 32.0 Å². The Kier molecular flexibility index (Phi) is 16.5. The summed E-state index contributed by atoms with van der Waals surface area (Å²) in [6.45, 7) is 13.2. The number of hydrogen-bond acceptors (Lipinski definition) is 6. The zero-order valence-corrected chi connectivity index (χ0v) is 30.8. The quantitative estimate of drug-likeness (QED) is 0.144. The summed E-state index contributed by atoms with van der Waals surface area (Å²) in [6.07, 6.45) is 5.38. The molecule has 0 atom stereocenters. The first-order valence-electron chi connectivity index (χ1n) is 16.7. The third kappa shape index (κ3) is 12.1. The van der Waals surface area contributed by atoms with Crippen LogP contribution in [0.3, 0.4) is 0 Å². The van der Waals surface area contributed by atoms with Crippen LogP contribution in [0.25, 0.3) is 0 Å². The zero-order valence-electron chi connectivity index (χ0n) is 28.4. The van der Waals surface area contributed by atoms with E-state index < -0.39 is 10.0 Å². The smallest absolute Gasteiger partial charge is 0.261 e. The lowest BCUT2D eigenvalue weighted by Gasteiger charge is -2.30. The minimum absolute atomic E-state index is 0.241. The topological polar surface area (TPSA) is 70.7 Å².